The number of benzene rings is 2. The lowest BCUT2D eigenvalue weighted by atomic mass is 10.2. The highest BCUT2D eigenvalue weighted by Gasteiger charge is 2.12. The molecule has 0 aromatic heterocycles. The van der Waals surface area contributed by atoms with Crippen LogP contribution in [0.4, 0.5) is 0 Å². The van der Waals surface area contributed by atoms with Crippen LogP contribution in [0.5, 0.6) is 5.75 Å². The minimum absolute atomic E-state index is 0. The molecule has 0 aliphatic carbocycles. The summed E-state index contributed by atoms with van der Waals surface area (Å²) in [4.78, 5) is 17.1. The van der Waals surface area contributed by atoms with Crippen LogP contribution in [-0.4, -0.2) is 63.1 Å². The van der Waals surface area contributed by atoms with E-state index in [9.17, 15) is 4.79 Å². The summed E-state index contributed by atoms with van der Waals surface area (Å²) < 4.78 is 6.13. The molecular weight excluding hydrogens is 501 g/mol. The van der Waals surface area contributed by atoms with Gasteiger partial charge in [-0.2, -0.15) is 0 Å². The SMILES string of the molecule is COc1ccc(Br)cc1C(=O)NCCCN(C)CCCN(C)Cc1ccccc1.Cl.Cl. The molecule has 0 bridgehead atoms. The third-order valence-electron chi connectivity index (χ3n) is 4.78. The van der Waals surface area contributed by atoms with Gasteiger partial charge in [0.1, 0.15) is 5.75 Å². The first-order valence-corrected chi connectivity index (χ1v) is 10.8. The van der Waals surface area contributed by atoms with Crippen LogP contribution in [0.25, 0.3) is 0 Å². The standard InChI is InChI=1S/C23H32BrN3O2.2ClH/c1-26(15-8-16-27(2)18-19-9-5-4-6-10-19)14-7-13-25-23(28)21-17-20(24)11-12-22(21)29-3;;/h4-6,9-12,17H,7-8,13-16,18H2,1-3H3,(H,25,28);2*1H. The van der Waals surface area contributed by atoms with Gasteiger partial charge < -0.3 is 19.9 Å². The molecule has 174 valence electrons. The number of halogens is 3. The lowest BCUT2D eigenvalue weighted by Gasteiger charge is -2.20. The summed E-state index contributed by atoms with van der Waals surface area (Å²) >= 11 is 3.40. The lowest BCUT2D eigenvalue weighted by molar-refractivity contribution is 0.0949. The summed E-state index contributed by atoms with van der Waals surface area (Å²) in [5.41, 5.74) is 1.90. The maximum atomic E-state index is 12.4. The van der Waals surface area contributed by atoms with Gasteiger partial charge in [0.05, 0.1) is 12.7 Å². The quantitative estimate of drug-likeness (QED) is 0.394. The zero-order chi connectivity index (χ0) is 21.1. The Morgan fingerprint density at radius 3 is 2.29 bits per heavy atom. The first-order chi connectivity index (χ1) is 14.0. The number of hydrogen-bond donors (Lipinski definition) is 1. The number of amides is 1. The average Bonchev–Trinajstić information content (AvgIpc) is 2.71. The van der Waals surface area contributed by atoms with Gasteiger partial charge in [-0.05, 0) is 70.3 Å². The predicted octanol–water partition coefficient (Wildman–Crippen LogP) is 4.88. The predicted molar refractivity (Wildman–Crippen MR) is 137 cm³/mol. The van der Waals surface area contributed by atoms with Gasteiger partial charge in [-0.3, -0.25) is 4.79 Å². The summed E-state index contributed by atoms with van der Waals surface area (Å²) in [7, 11) is 5.88. The first-order valence-electron chi connectivity index (χ1n) is 10.0. The number of methoxy groups -OCH3 is 1. The number of rotatable bonds is 12. The van der Waals surface area contributed by atoms with Gasteiger partial charge in [-0.1, -0.05) is 46.3 Å². The molecule has 0 atom stereocenters. The van der Waals surface area contributed by atoms with Crippen LogP contribution >= 0.6 is 40.7 Å². The number of ether oxygens (including phenoxy) is 1. The lowest BCUT2D eigenvalue weighted by Crippen LogP contribution is -2.30. The van der Waals surface area contributed by atoms with Crippen molar-refractivity contribution in [3.05, 3.63) is 64.1 Å². The van der Waals surface area contributed by atoms with Gasteiger partial charge in [-0.25, -0.2) is 0 Å². The van der Waals surface area contributed by atoms with Crippen molar-refractivity contribution in [3.8, 4) is 5.75 Å². The highest BCUT2D eigenvalue weighted by atomic mass is 79.9. The summed E-state index contributed by atoms with van der Waals surface area (Å²) in [5.74, 6) is 0.482. The van der Waals surface area contributed by atoms with E-state index in [2.05, 4.69) is 75.5 Å². The Balaban J connectivity index is 0.00000450. The molecule has 31 heavy (non-hydrogen) atoms. The molecule has 0 aliphatic heterocycles. The summed E-state index contributed by atoms with van der Waals surface area (Å²) in [6.45, 7) is 4.70. The Morgan fingerprint density at radius 1 is 0.968 bits per heavy atom. The third kappa shape index (κ3) is 11.2. The van der Waals surface area contributed by atoms with E-state index in [0.717, 1.165) is 43.5 Å². The van der Waals surface area contributed by atoms with Gasteiger partial charge in [0.15, 0.2) is 0 Å². The minimum Gasteiger partial charge on any atom is -0.496 e. The van der Waals surface area contributed by atoms with E-state index in [1.54, 1.807) is 19.2 Å². The second-order valence-electron chi connectivity index (χ2n) is 7.33. The molecule has 0 heterocycles. The molecule has 1 amide bonds. The zero-order valence-electron chi connectivity index (χ0n) is 18.5. The van der Waals surface area contributed by atoms with E-state index < -0.39 is 0 Å². The topological polar surface area (TPSA) is 44.8 Å². The van der Waals surface area contributed by atoms with E-state index in [0.29, 0.717) is 17.9 Å². The molecule has 0 saturated carbocycles. The molecule has 2 aromatic carbocycles. The number of hydrogen-bond acceptors (Lipinski definition) is 4. The van der Waals surface area contributed by atoms with Crippen molar-refractivity contribution in [1.82, 2.24) is 15.1 Å². The highest BCUT2D eigenvalue weighted by molar-refractivity contribution is 9.10. The van der Waals surface area contributed by atoms with Gasteiger partial charge in [0.25, 0.3) is 5.91 Å². The van der Waals surface area contributed by atoms with Gasteiger partial charge in [-0.15, -0.1) is 24.8 Å². The van der Waals surface area contributed by atoms with Crippen LogP contribution < -0.4 is 10.1 Å². The zero-order valence-corrected chi connectivity index (χ0v) is 21.7. The summed E-state index contributed by atoms with van der Waals surface area (Å²) in [6, 6.07) is 16.0. The van der Waals surface area contributed by atoms with Crippen LogP contribution in [0.15, 0.2) is 53.0 Å². The monoisotopic (exact) mass is 533 g/mol. The van der Waals surface area contributed by atoms with Crippen LogP contribution in [0, 0.1) is 0 Å². The average molecular weight is 535 g/mol. The van der Waals surface area contributed by atoms with Crippen molar-refractivity contribution in [3.63, 3.8) is 0 Å². The first kappa shape index (κ1) is 29.7. The fourth-order valence-corrected chi connectivity index (χ4v) is 3.56. The van der Waals surface area contributed by atoms with E-state index in [1.165, 1.54) is 5.56 Å². The number of carbonyl (C=O) groups is 1. The maximum absolute atomic E-state index is 12.4. The van der Waals surface area contributed by atoms with Crippen molar-refractivity contribution in [1.29, 1.82) is 0 Å². The van der Waals surface area contributed by atoms with Crippen molar-refractivity contribution in [2.24, 2.45) is 0 Å². The number of carbonyl (C=O) groups excluding carboxylic acids is 1. The Labute approximate surface area is 207 Å². The van der Waals surface area contributed by atoms with Crippen molar-refractivity contribution in [2.75, 3.05) is 47.4 Å². The second kappa shape index (κ2) is 16.3. The fourth-order valence-electron chi connectivity index (χ4n) is 3.20. The summed E-state index contributed by atoms with van der Waals surface area (Å²) in [6.07, 6.45) is 2.04. The summed E-state index contributed by atoms with van der Waals surface area (Å²) in [5, 5.41) is 2.98. The van der Waals surface area contributed by atoms with E-state index in [1.807, 2.05) is 6.07 Å². The molecule has 0 saturated heterocycles. The largest absolute Gasteiger partial charge is 0.496 e. The molecule has 1 N–H and O–H groups in total. The maximum Gasteiger partial charge on any atom is 0.255 e. The van der Waals surface area contributed by atoms with Gasteiger partial charge in [0, 0.05) is 17.6 Å². The van der Waals surface area contributed by atoms with Crippen LogP contribution in [0.3, 0.4) is 0 Å². The van der Waals surface area contributed by atoms with Crippen LogP contribution in [0.1, 0.15) is 28.8 Å². The van der Waals surface area contributed by atoms with Crippen molar-refractivity contribution < 1.29 is 9.53 Å². The second-order valence-corrected chi connectivity index (χ2v) is 8.25. The highest BCUT2D eigenvalue weighted by Crippen LogP contribution is 2.22. The van der Waals surface area contributed by atoms with Crippen LogP contribution in [-0.2, 0) is 6.54 Å². The molecule has 0 aliphatic rings. The van der Waals surface area contributed by atoms with Gasteiger partial charge >= 0.3 is 0 Å². The molecule has 0 spiro atoms. The Bertz CT molecular complexity index is 766. The smallest absolute Gasteiger partial charge is 0.255 e. The number of nitrogens with zero attached hydrogens (tertiary/aromatic N) is 2. The van der Waals surface area contributed by atoms with E-state index >= 15 is 0 Å². The Kier molecular flexibility index (Phi) is 15.7. The van der Waals surface area contributed by atoms with Crippen LogP contribution in [0.2, 0.25) is 0 Å². The molecule has 8 heteroatoms. The fraction of sp³-hybridized carbons (Fsp3) is 0.435. The molecule has 0 unspecified atom stereocenters. The number of nitrogens with one attached hydrogen (secondary N) is 1. The third-order valence-corrected chi connectivity index (χ3v) is 5.28. The minimum atomic E-state index is -0.103. The molecule has 2 rings (SSSR count). The Hall–Kier alpha value is -1.31. The van der Waals surface area contributed by atoms with Crippen molar-refractivity contribution >= 4 is 46.7 Å². The molecule has 0 radical (unpaired) electrons. The molecule has 2 aromatic rings. The molecule has 5 nitrogen and oxygen atoms in total. The normalized spacial score (nSPS) is 10.4. The van der Waals surface area contributed by atoms with E-state index in [-0.39, 0.29) is 30.7 Å². The van der Waals surface area contributed by atoms with E-state index in [4.69, 9.17) is 4.74 Å². The van der Waals surface area contributed by atoms with Crippen molar-refractivity contribution in [2.45, 2.75) is 19.4 Å². The molecular formula is C23H34BrCl2N3O2. The van der Waals surface area contributed by atoms with Gasteiger partial charge in [0.2, 0.25) is 0 Å². The Morgan fingerprint density at radius 2 is 1.61 bits per heavy atom. The molecule has 0 fully saturated rings.